The first-order chi connectivity index (χ1) is 9.32. The number of rotatable bonds is 4. The van der Waals surface area contributed by atoms with Gasteiger partial charge in [-0.3, -0.25) is 4.79 Å². The number of sulfonamides is 1. The number of aryl methyl sites for hydroxylation is 1. The number of hydrogen-bond donors (Lipinski definition) is 1. The molecule has 0 unspecified atom stereocenters. The van der Waals surface area contributed by atoms with E-state index in [-0.39, 0.29) is 16.4 Å². The summed E-state index contributed by atoms with van der Waals surface area (Å²) in [6, 6.07) is 3.00. The number of furan rings is 1. The first-order valence-electron chi connectivity index (χ1n) is 5.69. The normalized spacial score (nSPS) is 11.8. The minimum absolute atomic E-state index is 0.205. The first kappa shape index (κ1) is 14.8. The Morgan fingerprint density at radius 2 is 2.10 bits per heavy atom. The van der Waals surface area contributed by atoms with Gasteiger partial charge in [0.05, 0.1) is 11.3 Å². The lowest BCUT2D eigenvalue weighted by molar-refractivity contribution is 0.102. The van der Waals surface area contributed by atoms with Crippen molar-refractivity contribution in [1.29, 1.82) is 0 Å². The SMILES string of the molecule is Cc1oc(S(=O)(=O)N(C)C)cc1C(=O)Nc1ccsc1. The van der Waals surface area contributed by atoms with Crippen molar-refractivity contribution >= 4 is 33.0 Å². The predicted octanol–water partition coefficient (Wildman–Crippen LogP) is 2.15. The summed E-state index contributed by atoms with van der Waals surface area (Å²) in [7, 11) is -0.883. The van der Waals surface area contributed by atoms with Crippen LogP contribution >= 0.6 is 11.3 Å². The summed E-state index contributed by atoms with van der Waals surface area (Å²) in [6.45, 7) is 1.55. The van der Waals surface area contributed by atoms with Crippen molar-refractivity contribution < 1.29 is 17.6 Å². The summed E-state index contributed by atoms with van der Waals surface area (Å²) in [4.78, 5) is 12.1. The Morgan fingerprint density at radius 3 is 2.65 bits per heavy atom. The van der Waals surface area contributed by atoms with Crippen molar-refractivity contribution in [3.63, 3.8) is 0 Å². The fourth-order valence-electron chi connectivity index (χ4n) is 1.52. The third kappa shape index (κ3) is 2.77. The highest BCUT2D eigenvalue weighted by atomic mass is 32.2. The lowest BCUT2D eigenvalue weighted by Gasteiger charge is -2.07. The van der Waals surface area contributed by atoms with Crippen LogP contribution in [0.15, 0.2) is 32.4 Å². The minimum Gasteiger partial charge on any atom is -0.448 e. The second-order valence-corrected chi connectivity index (χ2v) is 7.15. The molecule has 0 saturated carbocycles. The van der Waals surface area contributed by atoms with Gasteiger partial charge < -0.3 is 9.73 Å². The van der Waals surface area contributed by atoms with Crippen LogP contribution < -0.4 is 5.32 Å². The number of amides is 1. The molecule has 20 heavy (non-hydrogen) atoms. The average Bonchev–Trinajstić information content (AvgIpc) is 2.98. The molecule has 0 aliphatic carbocycles. The highest BCUT2D eigenvalue weighted by Crippen LogP contribution is 2.22. The monoisotopic (exact) mass is 314 g/mol. The largest absolute Gasteiger partial charge is 0.448 e. The van der Waals surface area contributed by atoms with Crippen LogP contribution in [0.2, 0.25) is 0 Å². The molecule has 2 heterocycles. The van der Waals surface area contributed by atoms with Gasteiger partial charge in [-0.1, -0.05) is 0 Å². The summed E-state index contributed by atoms with van der Waals surface area (Å²) < 4.78 is 30.1. The molecule has 0 spiro atoms. The van der Waals surface area contributed by atoms with Crippen LogP contribution in [0.5, 0.6) is 0 Å². The zero-order chi connectivity index (χ0) is 14.9. The van der Waals surface area contributed by atoms with Crippen molar-refractivity contribution in [1.82, 2.24) is 4.31 Å². The maximum Gasteiger partial charge on any atom is 0.275 e. The molecule has 0 saturated heterocycles. The lowest BCUT2D eigenvalue weighted by atomic mass is 10.2. The summed E-state index contributed by atoms with van der Waals surface area (Å²) >= 11 is 1.45. The van der Waals surface area contributed by atoms with Gasteiger partial charge in [-0.2, -0.15) is 11.3 Å². The van der Waals surface area contributed by atoms with Gasteiger partial charge in [0.1, 0.15) is 5.76 Å². The van der Waals surface area contributed by atoms with E-state index in [4.69, 9.17) is 4.42 Å². The highest BCUT2D eigenvalue weighted by molar-refractivity contribution is 7.88. The van der Waals surface area contributed by atoms with E-state index >= 15 is 0 Å². The van der Waals surface area contributed by atoms with Gasteiger partial charge in [0.25, 0.3) is 15.9 Å². The number of nitrogens with zero attached hydrogens (tertiary/aromatic N) is 1. The molecule has 0 bridgehead atoms. The molecule has 0 aliphatic rings. The lowest BCUT2D eigenvalue weighted by Crippen LogP contribution is -2.21. The molecule has 0 fully saturated rings. The Bertz CT molecular complexity index is 715. The molecule has 108 valence electrons. The molecule has 2 rings (SSSR count). The summed E-state index contributed by atoms with van der Waals surface area (Å²) in [5.74, 6) is -0.136. The van der Waals surface area contributed by atoms with E-state index in [0.717, 1.165) is 4.31 Å². The third-order valence-corrected chi connectivity index (χ3v) is 5.01. The van der Waals surface area contributed by atoms with Crippen molar-refractivity contribution in [3.8, 4) is 0 Å². The Hall–Kier alpha value is -1.64. The summed E-state index contributed by atoms with van der Waals surface area (Å²) in [5, 5.41) is 6.05. The molecule has 6 nitrogen and oxygen atoms in total. The van der Waals surface area contributed by atoms with Crippen molar-refractivity contribution in [2.24, 2.45) is 0 Å². The molecule has 1 amide bonds. The first-order valence-corrected chi connectivity index (χ1v) is 8.07. The summed E-state index contributed by atoms with van der Waals surface area (Å²) in [5.41, 5.74) is 0.870. The Labute approximate surface area is 121 Å². The topological polar surface area (TPSA) is 79.6 Å². The van der Waals surface area contributed by atoms with Gasteiger partial charge >= 0.3 is 0 Å². The van der Waals surface area contributed by atoms with E-state index in [9.17, 15) is 13.2 Å². The molecule has 0 atom stereocenters. The second kappa shape index (κ2) is 5.39. The van der Waals surface area contributed by atoms with Gasteiger partial charge in [0.15, 0.2) is 0 Å². The number of nitrogens with one attached hydrogen (secondary N) is 1. The summed E-state index contributed by atoms with van der Waals surface area (Å²) in [6.07, 6.45) is 0. The van der Waals surface area contributed by atoms with Crippen LogP contribution in [0.3, 0.4) is 0 Å². The average molecular weight is 314 g/mol. The molecular formula is C12H14N2O4S2. The maximum absolute atomic E-state index is 12.1. The molecule has 1 N–H and O–H groups in total. The van der Waals surface area contributed by atoms with Crippen LogP contribution in [0.1, 0.15) is 16.1 Å². The Kier molecular flexibility index (Phi) is 3.98. The fourth-order valence-corrected chi connectivity index (χ4v) is 2.97. The Balaban J connectivity index is 2.30. The number of hydrogen-bond acceptors (Lipinski definition) is 5. The van der Waals surface area contributed by atoms with Crippen molar-refractivity contribution in [2.45, 2.75) is 12.0 Å². The van der Waals surface area contributed by atoms with Crippen LogP contribution in [-0.4, -0.2) is 32.7 Å². The molecule has 2 aromatic rings. The van der Waals surface area contributed by atoms with E-state index in [1.807, 2.05) is 5.38 Å². The van der Waals surface area contributed by atoms with Crippen LogP contribution in [-0.2, 0) is 10.0 Å². The number of carbonyl (C=O) groups is 1. The number of anilines is 1. The number of thiophene rings is 1. The van der Waals surface area contributed by atoms with Crippen LogP contribution in [0.25, 0.3) is 0 Å². The zero-order valence-corrected chi connectivity index (χ0v) is 12.8. The standard InChI is InChI=1S/C12H14N2O4S2/c1-8-10(12(15)13-9-4-5-19-7-9)6-11(18-8)20(16,17)14(2)3/h4-7H,1-3H3,(H,13,15). The van der Waals surface area contributed by atoms with Gasteiger partial charge in [-0.15, -0.1) is 0 Å². The van der Waals surface area contributed by atoms with Gasteiger partial charge in [-0.25, -0.2) is 12.7 Å². The van der Waals surface area contributed by atoms with Gasteiger partial charge in [0, 0.05) is 25.5 Å². The van der Waals surface area contributed by atoms with Gasteiger partial charge in [0.2, 0.25) is 5.09 Å². The quantitative estimate of drug-likeness (QED) is 0.938. The van der Waals surface area contributed by atoms with E-state index in [1.165, 1.54) is 31.5 Å². The predicted molar refractivity (Wildman–Crippen MR) is 76.6 cm³/mol. The maximum atomic E-state index is 12.1. The molecule has 2 aromatic heterocycles. The molecule has 0 aliphatic heterocycles. The highest BCUT2D eigenvalue weighted by Gasteiger charge is 2.25. The van der Waals surface area contributed by atoms with E-state index in [1.54, 1.807) is 18.4 Å². The molecular weight excluding hydrogens is 300 g/mol. The van der Waals surface area contributed by atoms with Crippen LogP contribution in [0.4, 0.5) is 5.69 Å². The van der Waals surface area contributed by atoms with Crippen molar-refractivity contribution in [3.05, 3.63) is 34.2 Å². The zero-order valence-electron chi connectivity index (χ0n) is 11.2. The molecule has 8 heteroatoms. The molecule has 0 aromatic carbocycles. The van der Waals surface area contributed by atoms with Crippen LogP contribution in [0, 0.1) is 6.92 Å². The van der Waals surface area contributed by atoms with E-state index in [0.29, 0.717) is 5.69 Å². The van der Waals surface area contributed by atoms with E-state index < -0.39 is 15.9 Å². The second-order valence-electron chi connectivity index (χ2n) is 4.29. The number of carbonyl (C=O) groups excluding carboxylic acids is 1. The van der Waals surface area contributed by atoms with E-state index in [2.05, 4.69) is 5.32 Å². The van der Waals surface area contributed by atoms with Crippen molar-refractivity contribution in [2.75, 3.05) is 19.4 Å². The fraction of sp³-hybridized carbons (Fsp3) is 0.250. The molecule has 0 radical (unpaired) electrons. The third-order valence-electron chi connectivity index (χ3n) is 2.65. The van der Waals surface area contributed by atoms with Gasteiger partial charge in [-0.05, 0) is 18.4 Å². The Morgan fingerprint density at radius 1 is 1.40 bits per heavy atom. The smallest absolute Gasteiger partial charge is 0.275 e. The minimum atomic E-state index is -3.69.